The third-order valence-corrected chi connectivity index (χ3v) is 3.98. The Hall–Kier alpha value is -0.900. The Morgan fingerprint density at radius 2 is 2.38 bits per heavy atom. The number of hydrogen-bond donors (Lipinski definition) is 1. The maximum absolute atomic E-state index is 12.0. The largest absolute Gasteiger partial charge is 0.345 e. The SMILES string of the molecule is CCC1(NC(=O)c2ncccc2Br)CCC1. The van der Waals surface area contributed by atoms with Crippen LogP contribution < -0.4 is 5.32 Å². The highest BCUT2D eigenvalue weighted by atomic mass is 79.9. The van der Waals surface area contributed by atoms with Crippen LogP contribution in [0.1, 0.15) is 43.1 Å². The van der Waals surface area contributed by atoms with Gasteiger partial charge in [0.25, 0.3) is 5.91 Å². The van der Waals surface area contributed by atoms with E-state index in [4.69, 9.17) is 0 Å². The monoisotopic (exact) mass is 282 g/mol. The van der Waals surface area contributed by atoms with Crippen molar-refractivity contribution in [3.63, 3.8) is 0 Å². The molecule has 2 rings (SSSR count). The van der Waals surface area contributed by atoms with Gasteiger partial charge in [-0.25, -0.2) is 4.98 Å². The van der Waals surface area contributed by atoms with Crippen molar-refractivity contribution in [2.45, 2.75) is 38.1 Å². The lowest BCUT2D eigenvalue weighted by molar-refractivity contribution is 0.0814. The molecule has 0 aromatic carbocycles. The molecule has 16 heavy (non-hydrogen) atoms. The molecule has 1 aliphatic rings. The first-order chi connectivity index (χ1) is 7.67. The fraction of sp³-hybridized carbons (Fsp3) is 0.500. The van der Waals surface area contributed by atoms with Crippen molar-refractivity contribution in [2.24, 2.45) is 0 Å². The molecule has 1 heterocycles. The Kier molecular flexibility index (Phi) is 3.28. The number of hydrogen-bond acceptors (Lipinski definition) is 2. The summed E-state index contributed by atoms with van der Waals surface area (Å²) in [7, 11) is 0. The lowest BCUT2D eigenvalue weighted by atomic mass is 9.75. The normalized spacial score (nSPS) is 17.6. The molecule has 1 aromatic rings. The minimum Gasteiger partial charge on any atom is -0.345 e. The Bertz CT molecular complexity index is 396. The van der Waals surface area contributed by atoms with Gasteiger partial charge in [0.15, 0.2) is 0 Å². The van der Waals surface area contributed by atoms with E-state index in [0.717, 1.165) is 23.7 Å². The molecule has 4 heteroatoms. The van der Waals surface area contributed by atoms with Gasteiger partial charge in [-0.05, 0) is 53.7 Å². The van der Waals surface area contributed by atoms with Crippen LogP contribution in [0.5, 0.6) is 0 Å². The summed E-state index contributed by atoms with van der Waals surface area (Å²) in [6, 6.07) is 3.64. The predicted molar refractivity (Wildman–Crippen MR) is 66.3 cm³/mol. The first-order valence-corrected chi connectivity index (χ1v) is 6.39. The van der Waals surface area contributed by atoms with Gasteiger partial charge in [-0.15, -0.1) is 0 Å². The summed E-state index contributed by atoms with van der Waals surface area (Å²) < 4.78 is 0.748. The molecule has 0 spiro atoms. The standard InChI is InChI=1S/C12H15BrN2O/c1-2-12(6-4-7-12)15-11(16)10-9(13)5-3-8-14-10/h3,5,8H,2,4,6-7H2,1H3,(H,15,16). The van der Waals surface area contributed by atoms with E-state index in [1.165, 1.54) is 6.42 Å². The van der Waals surface area contributed by atoms with Crippen LogP contribution in [0.4, 0.5) is 0 Å². The third-order valence-electron chi connectivity index (χ3n) is 3.34. The lowest BCUT2D eigenvalue weighted by Crippen LogP contribution is -2.53. The average molecular weight is 283 g/mol. The maximum atomic E-state index is 12.0. The Labute approximate surface area is 104 Å². The number of aromatic nitrogens is 1. The van der Waals surface area contributed by atoms with E-state index in [0.29, 0.717) is 5.69 Å². The molecule has 1 N–H and O–H groups in total. The molecule has 1 fully saturated rings. The Morgan fingerprint density at radius 1 is 1.62 bits per heavy atom. The van der Waals surface area contributed by atoms with Crippen LogP contribution in [-0.2, 0) is 0 Å². The molecule has 0 unspecified atom stereocenters. The van der Waals surface area contributed by atoms with Gasteiger partial charge in [0, 0.05) is 16.2 Å². The third kappa shape index (κ3) is 2.12. The van der Waals surface area contributed by atoms with E-state index in [2.05, 4.69) is 33.2 Å². The first kappa shape index (κ1) is 11.6. The summed E-state index contributed by atoms with van der Waals surface area (Å²) in [6.45, 7) is 2.12. The number of nitrogens with zero attached hydrogens (tertiary/aromatic N) is 1. The predicted octanol–water partition coefficient (Wildman–Crippen LogP) is 2.91. The van der Waals surface area contributed by atoms with Crippen molar-refractivity contribution < 1.29 is 4.79 Å². The van der Waals surface area contributed by atoms with Gasteiger partial charge in [-0.3, -0.25) is 4.79 Å². The minimum atomic E-state index is -0.0750. The number of pyridine rings is 1. The summed E-state index contributed by atoms with van der Waals surface area (Å²) in [5.74, 6) is -0.0750. The molecule has 86 valence electrons. The Balaban J connectivity index is 2.11. The van der Waals surface area contributed by atoms with E-state index in [-0.39, 0.29) is 11.4 Å². The van der Waals surface area contributed by atoms with Crippen LogP contribution >= 0.6 is 15.9 Å². The van der Waals surface area contributed by atoms with Gasteiger partial charge >= 0.3 is 0 Å². The molecule has 0 bridgehead atoms. The minimum absolute atomic E-state index is 0.0219. The first-order valence-electron chi connectivity index (χ1n) is 5.60. The van der Waals surface area contributed by atoms with E-state index < -0.39 is 0 Å². The molecule has 0 aliphatic heterocycles. The van der Waals surface area contributed by atoms with Gasteiger partial charge in [0.1, 0.15) is 5.69 Å². The van der Waals surface area contributed by atoms with Crippen LogP contribution in [0.3, 0.4) is 0 Å². The zero-order valence-corrected chi connectivity index (χ0v) is 10.9. The number of halogens is 1. The molecule has 0 radical (unpaired) electrons. The second-order valence-electron chi connectivity index (χ2n) is 4.28. The molecule has 1 amide bonds. The number of rotatable bonds is 3. The molecular formula is C12H15BrN2O. The van der Waals surface area contributed by atoms with Crippen LogP contribution in [0.15, 0.2) is 22.8 Å². The van der Waals surface area contributed by atoms with Gasteiger partial charge in [-0.2, -0.15) is 0 Å². The van der Waals surface area contributed by atoms with Crippen molar-refractivity contribution in [3.8, 4) is 0 Å². The second kappa shape index (κ2) is 4.53. The highest BCUT2D eigenvalue weighted by Gasteiger charge is 2.37. The number of carbonyl (C=O) groups excluding carboxylic acids is 1. The number of nitrogens with one attached hydrogen (secondary N) is 1. The molecule has 0 saturated heterocycles. The van der Waals surface area contributed by atoms with Gasteiger partial charge in [-0.1, -0.05) is 6.92 Å². The highest BCUT2D eigenvalue weighted by molar-refractivity contribution is 9.10. The van der Waals surface area contributed by atoms with Crippen molar-refractivity contribution in [1.29, 1.82) is 0 Å². The molecule has 1 aliphatic carbocycles. The van der Waals surface area contributed by atoms with Crippen LogP contribution in [0, 0.1) is 0 Å². The van der Waals surface area contributed by atoms with E-state index in [1.54, 1.807) is 12.3 Å². The van der Waals surface area contributed by atoms with Gasteiger partial charge < -0.3 is 5.32 Å². The zero-order chi connectivity index (χ0) is 11.6. The number of amides is 1. The van der Waals surface area contributed by atoms with Gasteiger partial charge in [0.05, 0.1) is 0 Å². The van der Waals surface area contributed by atoms with Crippen molar-refractivity contribution in [1.82, 2.24) is 10.3 Å². The molecular weight excluding hydrogens is 268 g/mol. The topological polar surface area (TPSA) is 42.0 Å². The summed E-state index contributed by atoms with van der Waals surface area (Å²) in [4.78, 5) is 16.1. The maximum Gasteiger partial charge on any atom is 0.271 e. The highest BCUT2D eigenvalue weighted by Crippen LogP contribution is 2.34. The Morgan fingerprint density at radius 3 is 2.88 bits per heavy atom. The fourth-order valence-electron chi connectivity index (χ4n) is 2.02. The fourth-order valence-corrected chi connectivity index (χ4v) is 2.46. The summed E-state index contributed by atoms with van der Waals surface area (Å²) in [5.41, 5.74) is 0.496. The zero-order valence-electron chi connectivity index (χ0n) is 9.29. The quantitative estimate of drug-likeness (QED) is 0.926. The summed E-state index contributed by atoms with van der Waals surface area (Å²) in [5, 5.41) is 3.11. The van der Waals surface area contributed by atoms with Crippen molar-refractivity contribution >= 4 is 21.8 Å². The average Bonchev–Trinajstić information content (AvgIpc) is 2.24. The lowest BCUT2D eigenvalue weighted by Gasteiger charge is -2.41. The smallest absolute Gasteiger partial charge is 0.271 e. The van der Waals surface area contributed by atoms with E-state index >= 15 is 0 Å². The van der Waals surface area contributed by atoms with E-state index in [9.17, 15) is 4.79 Å². The summed E-state index contributed by atoms with van der Waals surface area (Å²) in [6.07, 6.45) is 6.00. The summed E-state index contributed by atoms with van der Waals surface area (Å²) >= 11 is 3.34. The molecule has 1 aromatic heterocycles. The van der Waals surface area contributed by atoms with Gasteiger partial charge in [0.2, 0.25) is 0 Å². The van der Waals surface area contributed by atoms with Crippen LogP contribution in [0.2, 0.25) is 0 Å². The molecule has 0 atom stereocenters. The number of carbonyl (C=O) groups is 1. The van der Waals surface area contributed by atoms with Crippen molar-refractivity contribution in [2.75, 3.05) is 0 Å². The molecule has 3 nitrogen and oxygen atoms in total. The molecule has 1 saturated carbocycles. The van der Waals surface area contributed by atoms with Crippen LogP contribution in [0.25, 0.3) is 0 Å². The second-order valence-corrected chi connectivity index (χ2v) is 5.13. The van der Waals surface area contributed by atoms with Crippen molar-refractivity contribution in [3.05, 3.63) is 28.5 Å². The van der Waals surface area contributed by atoms with Crippen LogP contribution in [-0.4, -0.2) is 16.4 Å². The van der Waals surface area contributed by atoms with E-state index in [1.807, 2.05) is 6.07 Å².